The smallest absolute Gasteiger partial charge is 0.326 e. The fourth-order valence-corrected chi connectivity index (χ4v) is 8.34. The maximum atomic E-state index is 15.0. The molecule has 0 radical (unpaired) electrons. The Morgan fingerprint density at radius 2 is 1.49 bits per heavy atom. The van der Waals surface area contributed by atoms with Crippen LogP contribution in [0.4, 0.5) is 4.79 Å². The first-order valence-corrected chi connectivity index (χ1v) is 19.5. The first-order valence-electron chi connectivity index (χ1n) is 17.3. The highest BCUT2D eigenvalue weighted by Crippen LogP contribution is 2.46. The van der Waals surface area contributed by atoms with Gasteiger partial charge in [0.1, 0.15) is 29.0 Å². The summed E-state index contributed by atoms with van der Waals surface area (Å²) in [6.45, 7) is 11.8. The number of hydrogen-bond acceptors (Lipinski definition) is 8. The second-order valence-electron chi connectivity index (χ2n) is 14.0. The van der Waals surface area contributed by atoms with E-state index in [9.17, 15) is 13.2 Å². The van der Waals surface area contributed by atoms with Gasteiger partial charge < -0.3 is 19.1 Å². The minimum absolute atomic E-state index is 0.00888. The van der Waals surface area contributed by atoms with Gasteiger partial charge in [-0.3, -0.25) is 14.7 Å². The van der Waals surface area contributed by atoms with Gasteiger partial charge in [-0.05, 0) is 95.1 Å². The summed E-state index contributed by atoms with van der Waals surface area (Å²) in [5, 5.41) is 4.99. The number of rotatable bonds is 8. The molecule has 3 heterocycles. The van der Waals surface area contributed by atoms with E-state index in [2.05, 4.69) is 9.88 Å². The van der Waals surface area contributed by atoms with Gasteiger partial charge in [0.15, 0.2) is 0 Å². The third-order valence-corrected chi connectivity index (χ3v) is 11.3. The molecule has 2 aliphatic rings. The Hall–Kier alpha value is -4.43. The van der Waals surface area contributed by atoms with E-state index in [0.29, 0.717) is 38.4 Å². The van der Waals surface area contributed by atoms with Crippen LogP contribution >= 0.6 is 23.2 Å². The van der Waals surface area contributed by atoms with E-state index in [1.54, 1.807) is 79.7 Å². The Balaban J connectivity index is 1.46. The molecule has 3 amide bonds. The van der Waals surface area contributed by atoms with Gasteiger partial charge in [0.2, 0.25) is 10.0 Å². The van der Waals surface area contributed by atoms with Gasteiger partial charge in [-0.2, -0.15) is 0 Å². The Morgan fingerprint density at radius 1 is 0.906 bits per heavy atom. The summed E-state index contributed by atoms with van der Waals surface area (Å²) in [6, 6.07) is 17.4. The van der Waals surface area contributed by atoms with Gasteiger partial charge in [-0.15, -0.1) is 0 Å². The summed E-state index contributed by atoms with van der Waals surface area (Å²) >= 11 is 12.6. The summed E-state index contributed by atoms with van der Waals surface area (Å²) in [4.78, 5) is 38.7. The lowest BCUT2D eigenvalue weighted by Gasteiger charge is -2.39. The van der Waals surface area contributed by atoms with Crippen molar-refractivity contribution >= 4 is 51.0 Å². The van der Waals surface area contributed by atoms with Crippen molar-refractivity contribution in [1.29, 1.82) is 0 Å². The van der Waals surface area contributed by atoms with E-state index in [1.165, 1.54) is 12.1 Å². The van der Waals surface area contributed by atoms with Crippen LogP contribution < -0.4 is 9.46 Å². The van der Waals surface area contributed by atoms with Crippen molar-refractivity contribution < 1.29 is 27.3 Å². The first kappa shape index (κ1) is 38.3. The van der Waals surface area contributed by atoms with Crippen LogP contribution in [0.2, 0.25) is 10.0 Å². The van der Waals surface area contributed by atoms with E-state index < -0.39 is 27.6 Å². The molecule has 0 unspecified atom stereocenters. The van der Waals surface area contributed by atoms with E-state index in [4.69, 9.17) is 37.5 Å². The van der Waals surface area contributed by atoms with E-state index in [1.807, 2.05) is 31.2 Å². The lowest BCUT2D eigenvalue weighted by atomic mass is 9.93. The van der Waals surface area contributed by atoms with Crippen LogP contribution in [0.25, 0.3) is 0 Å². The zero-order valence-electron chi connectivity index (χ0n) is 30.4. The van der Waals surface area contributed by atoms with Crippen LogP contribution in [0, 0.1) is 13.8 Å². The van der Waals surface area contributed by atoms with Crippen LogP contribution in [0.3, 0.4) is 0 Å². The molecule has 4 aromatic rings. The summed E-state index contributed by atoms with van der Waals surface area (Å²) in [6.07, 6.45) is 0. The Kier molecular flexibility index (Phi) is 10.9. The molecular formula is C38H42Cl2N6O6S. The molecule has 6 rings (SSSR count). The topological polar surface area (TPSA) is 138 Å². The number of benzene rings is 3. The van der Waals surface area contributed by atoms with E-state index in [-0.39, 0.29) is 55.5 Å². The van der Waals surface area contributed by atoms with Crippen molar-refractivity contribution in [2.75, 3.05) is 32.8 Å². The summed E-state index contributed by atoms with van der Waals surface area (Å²) in [5.74, 6) is 0.831. The highest BCUT2D eigenvalue weighted by Gasteiger charge is 2.45. The van der Waals surface area contributed by atoms with Crippen LogP contribution in [-0.2, 0) is 10.0 Å². The lowest BCUT2D eigenvalue weighted by Crippen LogP contribution is -2.55. The van der Waals surface area contributed by atoms with Crippen molar-refractivity contribution in [2.24, 2.45) is 4.99 Å². The number of piperazine rings is 1. The standard InChI is InChI=1S/C38H42Cl2N6O6S/c1-7-51-31-17-16-29(53(49,50)43-38(4,5)6)22-30(31)35-41-33(25-8-12-27(39)13-9-25)34(26-10-14-28(40)15-11-26)46(35)37(48)45-20-18-44(19-21-45)36(47)32-23(2)42-52-24(32)3/h8-17,22,33-34,43H,7,18-21H2,1-6H3/t33-,34+/m0/s1. The van der Waals surface area contributed by atoms with Gasteiger partial charge in [0, 0.05) is 41.8 Å². The zero-order valence-corrected chi connectivity index (χ0v) is 32.7. The third-order valence-electron chi connectivity index (χ3n) is 9.02. The maximum Gasteiger partial charge on any atom is 0.326 e. The molecule has 0 bridgehead atoms. The number of sulfonamides is 1. The molecule has 0 aliphatic carbocycles. The number of hydrogen-bond donors (Lipinski definition) is 1. The molecule has 15 heteroatoms. The predicted molar refractivity (Wildman–Crippen MR) is 203 cm³/mol. The quantitative estimate of drug-likeness (QED) is 0.200. The number of amidine groups is 1. The lowest BCUT2D eigenvalue weighted by molar-refractivity contribution is 0.0644. The molecule has 3 aromatic carbocycles. The fourth-order valence-electron chi connectivity index (χ4n) is 6.65. The number of amides is 3. The van der Waals surface area contributed by atoms with Crippen molar-refractivity contribution in [3.05, 3.63) is 110 Å². The van der Waals surface area contributed by atoms with Crippen LogP contribution in [0.1, 0.15) is 78.3 Å². The normalized spacial score (nSPS) is 18.0. The predicted octanol–water partition coefficient (Wildman–Crippen LogP) is 7.20. The van der Waals surface area contributed by atoms with Crippen molar-refractivity contribution in [3.63, 3.8) is 0 Å². The second kappa shape index (κ2) is 15.1. The average Bonchev–Trinajstić information content (AvgIpc) is 3.67. The van der Waals surface area contributed by atoms with Gasteiger partial charge in [-0.1, -0.05) is 52.6 Å². The minimum atomic E-state index is -3.99. The second-order valence-corrected chi connectivity index (χ2v) is 16.6. The SMILES string of the molecule is CCOc1ccc(S(=O)(=O)NC(C)(C)C)cc1C1=N[C@@H](c2ccc(Cl)cc2)[C@@H](c2ccc(Cl)cc2)N1C(=O)N1CCN(C(=O)c2c(C)noc2C)CC1. The van der Waals surface area contributed by atoms with Crippen LogP contribution in [-0.4, -0.2) is 84.4 Å². The molecule has 53 heavy (non-hydrogen) atoms. The number of aromatic nitrogens is 1. The van der Waals surface area contributed by atoms with Gasteiger partial charge in [0.25, 0.3) is 5.91 Å². The summed E-state index contributed by atoms with van der Waals surface area (Å²) in [7, 11) is -3.99. The number of aliphatic imine (C=N–C) groups is 1. The number of urea groups is 1. The van der Waals surface area contributed by atoms with Gasteiger partial charge in [-0.25, -0.2) is 17.9 Å². The Bertz CT molecular complexity index is 2120. The highest BCUT2D eigenvalue weighted by atomic mass is 35.5. The number of nitrogens with one attached hydrogen (secondary N) is 1. The van der Waals surface area contributed by atoms with E-state index >= 15 is 4.79 Å². The molecule has 0 saturated carbocycles. The maximum absolute atomic E-state index is 15.0. The average molecular weight is 782 g/mol. The van der Waals surface area contributed by atoms with Crippen LogP contribution in [0.15, 0.2) is 81.1 Å². The molecule has 2 aliphatic heterocycles. The largest absolute Gasteiger partial charge is 0.493 e. The molecule has 1 saturated heterocycles. The molecule has 2 atom stereocenters. The molecule has 1 fully saturated rings. The number of carbonyl (C=O) groups excluding carboxylic acids is 2. The Labute approximate surface area is 319 Å². The number of aryl methyl sites for hydroxylation is 2. The van der Waals surface area contributed by atoms with Gasteiger partial charge >= 0.3 is 6.03 Å². The number of nitrogens with zero attached hydrogens (tertiary/aromatic N) is 5. The zero-order chi connectivity index (χ0) is 38.2. The number of halogens is 2. The van der Waals surface area contributed by atoms with Crippen molar-refractivity contribution in [3.8, 4) is 5.75 Å². The third kappa shape index (κ3) is 8.08. The number of carbonyl (C=O) groups is 2. The molecule has 1 aromatic heterocycles. The molecule has 12 nitrogen and oxygen atoms in total. The Morgan fingerprint density at radius 3 is 2.04 bits per heavy atom. The monoisotopic (exact) mass is 780 g/mol. The van der Waals surface area contributed by atoms with Crippen molar-refractivity contribution in [2.45, 2.75) is 64.1 Å². The molecule has 1 N–H and O–H groups in total. The summed E-state index contributed by atoms with van der Waals surface area (Å²) in [5.41, 5.74) is 2.05. The van der Waals surface area contributed by atoms with E-state index in [0.717, 1.165) is 11.1 Å². The molecule has 280 valence electrons. The van der Waals surface area contributed by atoms with Crippen molar-refractivity contribution in [1.82, 2.24) is 24.6 Å². The molecule has 0 spiro atoms. The molecular weight excluding hydrogens is 739 g/mol. The minimum Gasteiger partial charge on any atom is -0.493 e. The highest BCUT2D eigenvalue weighted by molar-refractivity contribution is 7.89. The number of ether oxygens (including phenoxy) is 1. The fraction of sp³-hybridized carbons (Fsp3) is 0.368. The van der Waals surface area contributed by atoms with Gasteiger partial charge in [0.05, 0.1) is 28.8 Å². The summed E-state index contributed by atoms with van der Waals surface area (Å²) < 4.78 is 41.3. The van der Waals surface area contributed by atoms with Crippen LogP contribution in [0.5, 0.6) is 5.75 Å². The first-order chi connectivity index (χ1) is 25.1.